The fourth-order valence-electron chi connectivity index (χ4n) is 2.13. The third kappa shape index (κ3) is 2.69. The molecular weight excluding hydrogens is 263 g/mol. The van der Waals surface area contributed by atoms with E-state index in [0.717, 1.165) is 5.56 Å². The maximum absolute atomic E-state index is 12.2. The lowest BCUT2D eigenvalue weighted by Crippen LogP contribution is -2.38. The summed E-state index contributed by atoms with van der Waals surface area (Å²) in [5, 5.41) is 10.7. The molecule has 1 aromatic carbocycles. The molecule has 0 heterocycles. The Hall–Kier alpha value is -2.05. The predicted octanol–water partition coefficient (Wildman–Crippen LogP) is 2.05. The second kappa shape index (κ2) is 4.56. The summed E-state index contributed by atoms with van der Waals surface area (Å²) in [7, 11) is 0. The van der Waals surface area contributed by atoms with Crippen LogP contribution in [0, 0.1) is 0 Å². The van der Waals surface area contributed by atoms with E-state index in [1.54, 1.807) is 6.07 Å². The van der Waals surface area contributed by atoms with Crippen molar-refractivity contribution in [3.63, 3.8) is 0 Å². The molecule has 1 atom stereocenters. The van der Waals surface area contributed by atoms with Crippen molar-refractivity contribution in [2.75, 3.05) is 0 Å². The summed E-state index contributed by atoms with van der Waals surface area (Å²) in [6.07, 6.45) is -4.09. The molecule has 7 heteroatoms. The molecule has 0 spiro atoms. The number of hydrogen-bond acceptors (Lipinski definition) is 2. The molecule has 0 bridgehead atoms. The first-order valence-electron chi connectivity index (χ1n) is 5.53. The lowest BCUT2D eigenvalue weighted by atomic mass is 10.0. The van der Waals surface area contributed by atoms with Crippen LogP contribution in [0.5, 0.6) is 0 Å². The van der Waals surface area contributed by atoms with Gasteiger partial charge in [-0.15, -0.1) is 0 Å². The van der Waals surface area contributed by atoms with E-state index in [0.29, 0.717) is 18.4 Å². The van der Waals surface area contributed by atoms with E-state index in [2.05, 4.69) is 0 Å². The van der Waals surface area contributed by atoms with Crippen LogP contribution in [-0.2, 0) is 11.2 Å². The molecule has 0 radical (unpaired) electrons. The molecule has 1 aromatic rings. The van der Waals surface area contributed by atoms with Gasteiger partial charge in [0.05, 0.1) is 11.6 Å². The van der Waals surface area contributed by atoms with E-state index in [-0.39, 0.29) is 5.56 Å². The number of benzene rings is 1. The molecule has 19 heavy (non-hydrogen) atoms. The summed E-state index contributed by atoms with van der Waals surface area (Å²) in [4.78, 5) is 21.7. The van der Waals surface area contributed by atoms with Gasteiger partial charge in [0, 0.05) is 0 Å². The predicted molar refractivity (Wildman–Crippen MR) is 58.7 cm³/mol. The number of rotatable bonds is 2. The maximum atomic E-state index is 12.2. The zero-order valence-electron chi connectivity index (χ0n) is 9.62. The largest absolute Gasteiger partial charge is 0.478 e. The highest BCUT2D eigenvalue weighted by atomic mass is 19.4. The highest BCUT2D eigenvalue weighted by Crippen LogP contribution is 2.32. The Morgan fingerprint density at radius 3 is 2.58 bits per heavy atom. The molecule has 1 unspecified atom stereocenters. The number of aromatic carboxylic acids is 1. The van der Waals surface area contributed by atoms with Crippen LogP contribution in [0.2, 0.25) is 0 Å². The molecule has 0 aromatic heterocycles. The van der Waals surface area contributed by atoms with Crippen molar-refractivity contribution in [2.24, 2.45) is 0 Å². The van der Waals surface area contributed by atoms with E-state index in [1.165, 1.54) is 12.1 Å². The van der Waals surface area contributed by atoms with E-state index >= 15 is 0 Å². The Balaban J connectivity index is 2.23. The Morgan fingerprint density at radius 1 is 1.32 bits per heavy atom. The van der Waals surface area contributed by atoms with Gasteiger partial charge in [-0.1, -0.05) is 6.07 Å². The average Bonchev–Trinajstić information content (AvgIpc) is 2.70. The van der Waals surface area contributed by atoms with Crippen molar-refractivity contribution in [1.29, 1.82) is 0 Å². The maximum Gasteiger partial charge on any atom is 0.471 e. The number of amides is 1. The third-order valence-corrected chi connectivity index (χ3v) is 3.03. The van der Waals surface area contributed by atoms with E-state index in [1.807, 2.05) is 5.32 Å². The van der Waals surface area contributed by atoms with Crippen molar-refractivity contribution < 1.29 is 27.9 Å². The zero-order valence-corrected chi connectivity index (χ0v) is 9.62. The van der Waals surface area contributed by atoms with Gasteiger partial charge in [0.25, 0.3) is 0 Å². The highest BCUT2D eigenvalue weighted by Gasteiger charge is 2.40. The van der Waals surface area contributed by atoms with Gasteiger partial charge < -0.3 is 10.4 Å². The Kier molecular flexibility index (Phi) is 3.21. The first-order chi connectivity index (χ1) is 8.79. The third-order valence-electron chi connectivity index (χ3n) is 3.03. The van der Waals surface area contributed by atoms with Crippen molar-refractivity contribution in [2.45, 2.75) is 25.1 Å². The minimum atomic E-state index is -4.94. The number of carbonyl (C=O) groups excluding carboxylic acids is 1. The molecule has 0 fully saturated rings. The molecule has 2 N–H and O–H groups in total. The fourth-order valence-corrected chi connectivity index (χ4v) is 2.13. The van der Waals surface area contributed by atoms with Gasteiger partial charge in [0.15, 0.2) is 0 Å². The van der Waals surface area contributed by atoms with Gasteiger partial charge >= 0.3 is 18.1 Å². The Labute approximate surface area is 106 Å². The summed E-state index contributed by atoms with van der Waals surface area (Å²) in [5.74, 6) is -3.17. The first-order valence-corrected chi connectivity index (χ1v) is 5.53. The molecule has 1 aliphatic rings. The number of carboxylic acid groups (broad SMARTS) is 1. The molecule has 0 saturated carbocycles. The number of carbonyl (C=O) groups is 2. The quantitative estimate of drug-likeness (QED) is 0.866. The van der Waals surface area contributed by atoms with Crippen LogP contribution in [0.4, 0.5) is 13.2 Å². The van der Waals surface area contributed by atoms with Gasteiger partial charge in [-0.3, -0.25) is 4.79 Å². The lowest BCUT2D eigenvalue weighted by molar-refractivity contribution is -0.174. The van der Waals surface area contributed by atoms with Gasteiger partial charge in [0.1, 0.15) is 0 Å². The molecule has 1 amide bonds. The minimum Gasteiger partial charge on any atom is -0.478 e. The topological polar surface area (TPSA) is 66.4 Å². The van der Waals surface area contributed by atoms with Gasteiger partial charge in [0.2, 0.25) is 0 Å². The Morgan fingerprint density at radius 2 is 2.00 bits per heavy atom. The van der Waals surface area contributed by atoms with Crippen molar-refractivity contribution in [3.05, 3.63) is 34.9 Å². The lowest BCUT2D eigenvalue weighted by Gasteiger charge is -2.15. The van der Waals surface area contributed by atoms with Crippen molar-refractivity contribution in [1.82, 2.24) is 5.32 Å². The summed E-state index contributed by atoms with van der Waals surface area (Å²) >= 11 is 0. The molecular formula is C12H10F3NO3. The number of hydrogen-bond donors (Lipinski definition) is 2. The molecule has 0 aliphatic heterocycles. The van der Waals surface area contributed by atoms with Crippen LogP contribution in [0.1, 0.15) is 33.9 Å². The fraction of sp³-hybridized carbons (Fsp3) is 0.333. The van der Waals surface area contributed by atoms with Gasteiger partial charge in [-0.2, -0.15) is 13.2 Å². The summed E-state index contributed by atoms with van der Waals surface area (Å²) in [6.45, 7) is 0. The van der Waals surface area contributed by atoms with Crippen LogP contribution in [-0.4, -0.2) is 23.2 Å². The zero-order chi connectivity index (χ0) is 14.2. The smallest absolute Gasteiger partial charge is 0.471 e. The van der Waals surface area contributed by atoms with E-state index in [9.17, 15) is 22.8 Å². The number of fused-ring (bicyclic) bond motifs is 1. The molecule has 2 rings (SSSR count). The molecule has 0 saturated heterocycles. The number of halogens is 3. The standard InChI is InChI=1S/C12H10F3NO3/c13-12(14,15)11(19)16-9-4-3-6-1-2-7(10(17)18)5-8(6)9/h1-2,5,9H,3-4H2,(H,16,19)(H,17,18). The first kappa shape index (κ1) is 13.4. The number of alkyl halides is 3. The Bertz CT molecular complexity index is 540. The van der Waals surface area contributed by atoms with Crippen LogP contribution in [0.15, 0.2) is 18.2 Å². The SMILES string of the molecule is O=C(O)c1ccc2c(c1)C(NC(=O)C(F)(F)F)CC2. The van der Waals surface area contributed by atoms with Crippen LogP contribution >= 0.6 is 0 Å². The monoisotopic (exact) mass is 273 g/mol. The summed E-state index contributed by atoms with van der Waals surface area (Å²) in [6, 6.07) is 3.49. The van der Waals surface area contributed by atoms with Crippen LogP contribution in [0.3, 0.4) is 0 Å². The average molecular weight is 273 g/mol. The number of carboxylic acids is 1. The number of aryl methyl sites for hydroxylation is 1. The minimum absolute atomic E-state index is 0.00749. The second-order valence-electron chi connectivity index (χ2n) is 4.28. The second-order valence-corrected chi connectivity index (χ2v) is 4.28. The van der Waals surface area contributed by atoms with Crippen molar-refractivity contribution >= 4 is 11.9 Å². The summed E-state index contributed by atoms with van der Waals surface area (Å²) in [5.41, 5.74) is 1.20. The molecule has 1 aliphatic carbocycles. The summed E-state index contributed by atoms with van der Waals surface area (Å²) < 4.78 is 36.5. The van der Waals surface area contributed by atoms with Gasteiger partial charge in [-0.05, 0) is 36.1 Å². The van der Waals surface area contributed by atoms with Crippen molar-refractivity contribution in [3.8, 4) is 0 Å². The highest BCUT2D eigenvalue weighted by molar-refractivity contribution is 5.88. The van der Waals surface area contributed by atoms with Crippen LogP contribution in [0.25, 0.3) is 0 Å². The van der Waals surface area contributed by atoms with Crippen LogP contribution < -0.4 is 5.32 Å². The normalized spacial score (nSPS) is 17.9. The van der Waals surface area contributed by atoms with E-state index < -0.39 is 24.1 Å². The number of nitrogens with one attached hydrogen (secondary N) is 1. The van der Waals surface area contributed by atoms with E-state index in [4.69, 9.17) is 5.11 Å². The molecule has 102 valence electrons. The van der Waals surface area contributed by atoms with Gasteiger partial charge in [-0.25, -0.2) is 4.79 Å². The molecule has 4 nitrogen and oxygen atoms in total.